The molecular formula is C11H20O7S. The van der Waals surface area contributed by atoms with Gasteiger partial charge in [0, 0.05) is 6.42 Å². The van der Waals surface area contributed by atoms with Crippen molar-refractivity contribution in [1.29, 1.82) is 0 Å². The summed E-state index contributed by atoms with van der Waals surface area (Å²) < 4.78 is 9.79. The number of esters is 1. The first-order valence-corrected chi connectivity index (χ1v) is 7.05. The van der Waals surface area contributed by atoms with Crippen LogP contribution in [-0.2, 0) is 14.3 Å². The number of thioether (sulfide) groups is 1. The van der Waals surface area contributed by atoms with E-state index in [9.17, 15) is 20.1 Å². The van der Waals surface area contributed by atoms with Crippen LogP contribution in [0.15, 0.2) is 0 Å². The minimum atomic E-state index is -1.36. The van der Waals surface area contributed by atoms with E-state index in [1.165, 1.54) is 18.9 Å². The Bertz CT molecular complexity index is 286. The molecule has 1 fully saturated rings. The highest BCUT2D eigenvalue weighted by atomic mass is 32.2. The van der Waals surface area contributed by atoms with Crippen molar-refractivity contribution in [3.05, 3.63) is 0 Å². The van der Waals surface area contributed by atoms with Gasteiger partial charge in [0.1, 0.15) is 29.9 Å². The van der Waals surface area contributed by atoms with Gasteiger partial charge in [-0.3, -0.25) is 4.79 Å². The summed E-state index contributed by atoms with van der Waals surface area (Å²) in [5, 5.41) is 37.9. The molecule has 5 atom stereocenters. The monoisotopic (exact) mass is 296 g/mol. The van der Waals surface area contributed by atoms with Crippen LogP contribution in [0.25, 0.3) is 0 Å². The average Bonchev–Trinajstić information content (AvgIpc) is 2.42. The van der Waals surface area contributed by atoms with Crippen LogP contribution >= 0.6 is 11.8 Å². The Kier molecular flexibility index (Phi) is 7.05. The summed E-state index contributed by atoms with van der Waals surface area (Å²) in [6, 6.07) is 0. The van der Waals surface area contributed by atoms with E-state index in [1.54, 1.807) is 0 Å². The molecule has 0 radical (unpaired) electrons. The van der Waals surface area contributed by atoms with Gasteiger partial charge < -0.3 is 29.9 Å². The largest absolute Gasteiger partial charge is 0.469 e. The third-order valence-electron chi connectivity index (χ3n) is 2.88. The van der Waals surface area contributed by atoms with Crippen LogP contribution in [-0.4, -0.2) is 75.7 Å². The smallest absolute Gasteiger partial charge is 0.305 e. The number of carbonyl (C=O) groups excluding carboxylic acids is 1. The molecule has 8 heteroatoms. The first kappa shape index (κ1) is 16.7. The molecule has 0 spiro atoms. The van der Waals surface area contributed by atoms with Gasteiger partial charge in [0.2, 0.25) is 0 Å². The Morgan fingerprint density at radius 1 is 1.26 bits per heavy atom. The molecule has 0 bridgehead atoms. The Morgan fingerprint density at radius 2 is 1.95 bits per heavy atom. The number of rotatable bonds is 6. The number of aliphatic hydroxyl groups excluding tert-OH is 4. The standard InChI is InChI=1S/C11H20O7S/c1-17-7(13)3-2-4-19-11-10(16)9(15)8(14)6(5-12)18-11/h6,8-12,14-16H,2-5H2,1H3/t6-,8+,9+,10-,11?/m1/s1. The second kappa shape index (κ2) is 8.03. The zero-order valence-corrected chi connectivity index (χ0v) is 11.5. The van der Waals surface area contributed by atoms with Crippen molar-refractivity contribution >= 4 is 17.7 Å². The first-order chi connectivity index (χ1) is 9.01. The van der Waals surface area contributed by atoms with Gasteiger partial charge in [0.25, 0.3) is 0 Å². The van der Waals surface area contributed by atoms with Crippen LogP contribution < -0.4 is 0 Å². The van der Waals surface area contributed by atoms with Gasteiger partial charge >= 0.3 is 5.97 Å². The summed E-state index contributed by atoms with van der Waals surface area (Å²) in [7, 11) is 1.31. The highest BCUT2D eigenvalue weighted by molar-refractivity contribution is 7.99. The van der Waals surface area contributed by atoms with Gasteiger partial charge in [-0.05, 0) is 12.2 Å². The fourth-order valence-electron chi connectivity index (χ4n) is 1.72. The van der Waals surface area contributed by atoms with Crippen molar-refractivity contribution in [2.75, 3.05) is 19.5 Å². The highest BCUT2D eigenvalue weighted by Gasteiger charge is 2.43. The Morgan fingerprint density at radius 3 is 2.53 bits per heavy atom. The summed E-state index contributed by atoms with van der Waals surface area (Å²) in [6.45, 7) is -0.440. The predicted octanol–water partition coefficient (Wildman–Crippen LogP) is -1.53. The Hall–Kier alpha value is -0.380. The zero-order valence-electron chi connectivity index (χ0n) is 10.6. The van der Waals surface area contributed by atoms with Gasteiger partial charge in [-0.15, -0.1) is 11.8 Å². The van der Waals surface area contributed by atoms with Crippen LogP contribution in [0.2, 0.25) is 0 Å². The van der Waals surface area contributed by atoms with Gasteiger partial charge in [-0.1, -0.05) is 0 Å². The second-order valence-corrected chi connectivity index (χ2v) is 5.45. The van der Waals surface area contributed by atoms with Gasteiger partial charge in [-0.2, -0.15) is 0 Å². The molecule has 1 saturated heterocycles. The second-order valence-electron chi connectivity index (χ2n) is 4.25. The van der Waals surface area contributed by atoms with Crippen molar-refractivity contribution in [2.24, 2.45) is 0 Å². The molecular weight excluding hydrogens is 276 g/mol. The lowest BCUT2D eigenvalue weighted by Gasteiger charge is -2.39. The number of aliphatic hydroxyl groups is 4. The van der Waals surface area contributed by atoms with E-state index in [1.807, 2.05) is 0 Å². The van der Waals surface area contributed by atoms with E-state index >= 15 is 0 Å². The molecule has 7 nitrogen and oxygen atoms in total. The van der Waals surface area contributed by atoms with Crippen molar-refractivity contribution in [3.8, 4) is 0 Å². The van der Waals surface area contributed by atoms with Gasteiger partial charge in [0.15, 0.2) is 0 Å². The Labute approximate surface area is 115 Å². The SMILES string of the molecule is COC(=O)CCCSC1O[C@H](CO)[C@H](O)[C@H](O)[C@H]1O. The quantitative estimate of drug-likeness (QED) is 0.345. The lowest BCUT2D eigenvalue weighted by Crippen LogP contribution is -2.57. The summed E-state index contributed by atoms with van der Waals surface area (Å²) in [6.07, 6.45) is -4.01. The summed E-state index contributed by atoms with van der Waals surface area (Å²) in [5.74, 6) is 0.215. The number of methoxy groups -OCH3 is 1. The minimum Gasteiger partial charge on any atom is -0.469 e. The van der Waals surface area contributed by atoms with Crippen LogP contribution in [0.3, 0.4) is 0 Å². The molecule has 4 N–H and O–H groups in total. The molecule has 0 saturated carbocycles. The van der Waals surface area contributed by atoms with E-state index in [-0.39, 0.29) is 12.4 Å². The van der Waals surface area contributed by atoms with Gasteiger partial charge in [-0.25, -0.2) is 0 Å². The summed E-state index contributed by atoms with van der Waals surface area (Å²) in [4.78, 5) is 10.9. The molecule has 0 aromatic carbocycles. The average molecular weight is 296 g/mol. The van der Waals surface area contributed by atoms with Crippen molar-refractivity contribution in [1.82, 2.24) is 0 Å². The van der Waals surface area contributed by atoms with E-state index in [0.717, 1.165) is 0 Å². The normalized spacial score (nSPS) is 35.1. The van der Waals surface area contributed by atoms with E-state index in [4.69, 9.17) is 9.84 Å². The Balaban J connectivity index is 2.37. The fourth-order valence-corrected chi connectivity index (χ4v) is 2.85. The minimum absolute atomic E-state index is 0.265. The van der Waals surface area contributed by atoms with Crippen LogP contribution in [0, 0.1) is 0 Å². The summed E-state index contributed by atoms with van der Waals surface area (Å²) >= 11 is 1.22. The molecule has 0 amide bonds. The maximum atomic E-state index is 10.9. The molecule has 1 heterocycles. The predicted molar refractivity (Wildman–Crippen MR) is 67.5 cm³/mol. The molecule has 1 aliphatic heterocycles. The number of carbonyl (C=O) groups is 1. The van der Waals surface area contributed by atoms with E-state index < -0.39 is 36.5 Å². The third-order valence-corrected chi connectivity index (χ3v) is 4.13. The maximum absolute atomic E-state index is 10.9. The molecule has 1 unspecified atom stereocenters. The lowest BCUT2D eigenvalue weighted by atomic mass is 10.0. The van der Waals surface area contributed by atoms with E-state index in [2.05, 4.69) is 4.74 Å². The zero-order chi connectivity index (χ0) is 14.4. The highest BCUT2D eigenvalue weighted by Crippen LogP contribution is 2.28. The third kappa shape index (κ3) is 4.59. The van der Waals surface area contributed by atoms with Crippen LogP contribution in [0.5, 0.6) is 0 Å². The lowest BCUT2D eigenvalue weighted by molar-refractivity contribution is -0.205. The van der Waals surface area contributed by atoms with Crippen molar-refractivity contribution in [2.45, 2.75) is 42.7 Å². The number of hydrogen-bond acceptors (Lipinski definition) is 8. The van der Waals surface area contributed by atoms with Crippen molar-refractivity contribution in [3.63, 3.8) is 0 Å². The molecule has 1 rings (SSSR count). The molecule has 0 aliphatic carbocycles. The van der Waals surface area contributed by atoms with Crippen molar-refractivity contribution < 1.29 is 34.7 Å². The molecule has 1 aliphatic rings. The first-order valence-electron chi connectivity index (χ1n) is 6.00. The summed E-state index contributed by atoms with van der Waals surface area (Å²) in [5.41, 5.74) is -0.742. The fraction of sp³-hybridized carbons (Fsp3) is 0.909. The maximum Gasteiger partial charge on any atom is 0.305 e. The topological polar surface area (TPSA) is 116 Å². The molecule has 19 heavy (non-hydrogen) atoms. The van der Waals surface area contributed by atoms with Gasteiger partial charge in [0.05, 0.1) is 13.7 Å². The van der Waals surface area contributed by atoms with Crippen LogP contribution in [0.1, 0.15) is 12.8 Å². The van der Waals surface area contributed by atoms with E-state index in [0.29, 0.717) is 12.2 Å². The number of hydrogen-bond donors (Lipinski definition) is 4. The number of ether oxygens (including phenoxy) is 2. The molecule has 0 aromatic rings. The van der Waals surface area contributed by atoms with Crippen LogP contribution in [0.4, 0.5) is 0 Å². The molecule has 0 aromatic heterocycles. The molecule has 112 valence electrons.